The second kappa shape index (κ2) is 10.9. The van der Waals surface area contributed by atoms with Crippen molar-refractivity contribution in [3.8, 4) is 33.6 Å². The molecule has 0 radical (unpaired) electrons. The Labute approximate surface area is 277 Å². The van der Waals surface area contributed by atoms with Gasteiger partial charge in [0.05, 0.1) is 35.2 Å². The van der Waals surface area contributed by atoms with Gasteiger partial charge in [0, 0.05) is 27.5 Å². The maximum Gasteiger partial charge on any atom is 0.194 e. The molecule has 0 unspecified atom stereocenters. The second-order valence-electron chi connectivity index (χ2n) is 11.9. The Balaban J connectivity index is 1.27. The molecule has 9 aromatic rings. The Kier molecular flexibility index (Phi) is 6.22. The van der Waals surface area contributed by atoms with Crippen molar-refractivity contribution in [1.29, 1.82) is 0 Å². The van der Waals surface area contributed by atoms with Crippen LogP contribution in [0.3, 0.4) is 0 Å². The van der Waals surface area contributed by atoms with Gasteiger partial charge in [-0.05, 0) is 82.2 Å². The van der Waals surface area contributed by atoms with Crippen LogP contribution in [0.25, 0.3) is 86.9 Å². The SMILES string of the molecule is [C-]#[N+]c1ccc2c(c1)c1ccccc1n2-c1ccc(-c2ccccc2[N+]#[C-])c(-c2ccc(-n3c4ccccc4c4ccccc43)cc2)c1. The Morgan fingerprint density at radius 3 is 1.56 bits per heavy atom. The monoisotopic (exact) mass is 610 g/mol. The maximum absolute atomic E-state index is 7.92. The number of hydrogen-bond donors (Lipinski definition) is 0. The van der Waals surface area contributed by atoms with E-state index in [9.17, 15) is 0 Å². The predicted octanol–water partition coefficient (Wildman–Crippen LogP) is 12.3. The van der Waals surface area contributed by atoms with Crippen LogP contribution in [0.4, 0.5) is 11.4 Å². The summed E-state index contributed by atoms with van der Waals surface area (Å²) in [4.78, 5) is 7.57. The van der Waals surface area contributed by atoms with Gasteiger partial charge in [-0.15, -0.1) is 0 Å². The van der Waals surface area contributed by atoms with Crippen LogP contribution >= 0.6 is 0 Å². The summed E-state index contributed by atoms with van der Waals surface area (Å²) < 4.78 is 4.61. The van der Waals surface area contributed by atoms with Crippen molar-refractivity contribution in [3.05, 3.63) is 181 Å². The smallest absolute Gasteiger partial charge is 0.194 e. The van der Waals surface area contributed by atoms with E-state index in [4.69, 9.17) is 13.1 Å². The Morgan fingerprint density at radius 1 is 0.375 bits per heavy atom. The van der Waals surface area contributed by atoms with Gasteiger partial charge in [0.25, 0.3) is 0 Å². The van der Waals surface area contributed by atoms with E-state index >= 15 is 0 Å². The van der Waals surface area contributed by atoms with Crippen LogP contribution in [0.2, 0.25) is 0 Å². The fourth-order valence-corrected chi connectivity index (χ4v) is 7.24. The van der Waals surface area contributed by atoms with Gasteiger partial charge in [0.1, 0.15) is 0 Å². The highest BCUT2D eigenvalue weighted by atomic mass is 15.0. The Morgan fingerprint density at radius 2 is 0.917 bits per heavy atom. The third-order valence-corrected chi connectivity index (χ3v) is 9.38. The van der Waals surface area contributed by atoms with Crippen molar-refractivity contribution < 1.29 is 0 Å². The highest BCUT2D eigenvalue weighted by molar-refractivity contribution is 6.11. The maximum atomic E-state index is 7.92. The second-order valence-corrected chi connectivity index (χ2v) is 11.9. The molecule has 4 heteroatoms. The van der Waals surface area contributed by atoms with Crippen LogP contribution in [0.1, 0.15) is 0 Å². The van der Waals surface area contributed by atoms with E-state index in [1.54, 1.807) is 0 Å². The van der Waals surface area contributed by atoms with Crippen molar-refractivity contribution in [3.63, 3.8) is 0 Å². The average Bonchev–Trinajstić information content (AvgIpc) is 3.67. The molecule has 2 aromatic heterocycles. The highest BCUT2D eigenvalue weighted by Crippen LogP contribution is 2.41. The first-order valence-corrected chi connectivity index (χ1v) is 15.8. The molecular formula is C44H26N4. The van der Waals surface area contributed by atoms with Crippen LogP contribution < -0.4 is 0 Å². The summed E-state index contributed by atoms with van der Waals surface area (Å²) in [6.07, 6.45) is 0. The number of fused-ring (bicyclic) bond motifs is 6. The number of benzene rings is 7. The molecule has 0 atom stereocenters. The zero-order valence-corrected chi connectivity index (χ0v) is 25.8. The molecule has 7 aromatic carbocycles. The van der Waals surface area contributed by atoms with Gasteiger partial charge in [0.15, 0.2) is 11.4 Å². The van der Waals surface area contributed by atoms with Crippen molar-refractivity contribution in [2.24, 2.45) is 0 Å². The van der Waals surface area contributed by atoms with Gasteiger partial charge in [0.2, 0.25) is 0 Å². The first-order valence-electron chi connectivity index (χ1n) is 15.8. The molecule has 0 saturated carbocycles. The molecule has 0 aliphatic heterocycles. The lowest BCUT2D eigenvalue weighted by Crippen LogP contribution is -1.97. The first kappa shape index (κ1) is 27.4. The zero-order chi connectivity index (χ0) is 32.2. The van der Waals surface area contributed by atoms with Gasteiger partial charge in [-0.1, -0.05) is 103 Å². The van der Waals surface area contributed by atoms with Crippen LogP contribution in [0.15, 0.2) is 158 Å². The number of para-hydroxylation sites is 4. The van der Waals surface area contributed by atoms with E-state index < -0.39 is 0 Å². The summed E-state index contributed by atoms with van der Waals surface area (Å²) in [5.74, 6) is 0. The minimum Gasteiger partial charge on any atom is -0.309 e. The average molecular weight is 611 g/mol. The number of rotatable bonds is 4. The molecule has 4 nitrogen and oxygen atoms in total. The van der Waals surface area contributed by atoms with E-state index in [1.165, 1.54) is 21.8 Å². The lowest BCUT2D eigenvalue weighted by atomic mass is 9.93. The van der Waals surface area contributed by atoms with Crippen LogP contribution in [-0.4, -0.2) is 9.13 Å². The van der Waals surface area contributed by atoms with Gasteiger partial charge >= 0.3 is 0 Å². The molecule has 48 heavy (non-hydrogen) atoms. The van der Waals surface area contributed by atoms with E-state index in [-0.39, 0.29) is 0 Å². The molecule has 0 fully saturated rings. The minimum atomic E-state index is 0.622. The van der Waals surface area contributed by atoms with Crippen LogP contribution in [0, 0.1) is 13.1 Å². The molecule has 0 N–H and O–H groups in total. The Bertz CT molecular complexity index is 2750. The van der Waals surface area contributed by atoms with E-state index in [0.717, 1.165) is 55.4 Å². The predicted molar refractivity (Wildman–Crippen MR) is 199 cm³/mol. The highest BCUT2D eigenvalue weighted by Gasteiger charge is 2.18. The normalized spacial score (nSPS) is 11.3. The molecule has 9 rings (SSSR count). The van der Waals surface area contributed by atoms with Gasteiger partial charge in [-0.3, -0.25) is 0 Å². The summed E-state index contributed by atoms with van der Waals surface area (Å²) in [6.45, 7) is 15.5. The lowest BCUT2D eigenvalue weighted by molar-refractivity contribution is 1.18. The molecule has 222 valence electrons. The molecule has 2 heterocycles. The first-order chi connectivity index (χ1) is 23.7. The molecule has 0 amide bonds. The minimum absolute atomic E-state index is 0.622. The summed E-state index contributed by atoms with van der Waals surface area (Å²) >= 11 is 0. The molecule has 0 spiro atoms. The summed E-state index contributed by atoms with van der Waals surface area (Å²) in [7, 11) is 0. The van der Waals surface area contributed by atoms with Gasteiger partial charge < -0.3 is 9.13 Å². The molecule has 0 aliphatic rings. The molecule has 0 bridgehead atoms. The van der Waals surface area contributed by atoms with Crippen molar-refractivity contribution in [2.75, 3.05) is 0 Å². The van der Waals surface area contributed by atoms with E-state index in [0.29, 0.717) is 11.4 Å². The van der Waals surface area contributed by atoms with Crippen molar-refractivity contribution in [2.45, 2.75) is 0 Å². The third-order valence-electron chi connectivity index (χ3n) is 9.38. The number of aromatic nitrogens is 2. The summed E-state index contributed by atoms with van der Waals surface area (Å²) in [5, 5.41) is 4.63. The van der Waals surface area contributed by atoms with Gasteiger partial charge in [-0.2, -0.15) is 0 Å². The van der Waals surface area contributed by atoms with Crippen LogP contribution in [0.5, 0.6) is 0 Å². The van der Waals surface area contributed by atoms with Gasteiger partial charge in [-0.25, -0.2) is 9.69 Å². The standard InChI is InChI=1S/C44H26N4/c1-45-30-21-26-44-39(27-30)37-14-6-10-18-43(37)48(44)32-24-25-33(34-11-3-7-15-40(34)46-2)38(28-32)29-19-22-31(23-20-29)47-41-16-8-4-12-35(41)36-13-5-9-17-42(36)47/h3-28H. The quantitative estimate of drug-likeness (QED) is 0.177. The van der Waals surface area contributed by atoms with E-state index in [1.807, 2.05) is 48.5 Å². The zero-order valence-electron chi connectivity index (χ0n) is 25.8. The largest absolute Gasteiger partial charge is 0.309 e. The van der Waals surface area contributed by atoms with E-state index in [2.05, 4.69) is 128 Å². The van der Waals surface area contributed by atoms with Crippen molar-refractivity contribution in [1.82, 2.24) is 9.13 Å². The molecular weight excluding hydrogens is 585 g/mol. The number of hydrogen-bond acceptors (Lipinski definition) is 0. The number of nitrogens with zero attached hydrogens (tertiary/aromatic N) is 4. The fraction of sp³-hybridized carbons (Fsp3) is 0. The third kappa shape index (κ3) is 4.14. The Hall–Kier alpha value is -6.88. The summed E-state index contributed by atoms with van der Waals surface area (Å²) in [5.41, 5.74) is 11.8. The molecule has 0 aliphatic carbocycles. The summed E-state index contributed by atoms with van der Waals surface area (Å²) in [6, 6.07) is 54.5. The van der Waals surface area contributed by atoms with Crippen molar-refractivity contribution >= 4 is 55.0 Å². The molecule has 0 saturated heterocycles. The fourth-order valence-electron chi connectivity index (χ4n) is 7.24. The topological polar surface area (TPSA) is 18.6 Å². The van der Waals surface area contributed by atoms with Crippen LogP contribution in [-0.2, 0) is 0 Å². The lowest BCUT2D eigenvalue weighted by Gasteiger charge is -2.17.